The lowest BCUT2D eigenvalue weighted by atomic mass is 9.97. The summed E-state index contributed by atoms with van der Waals surface area (Å²) < 4.78 is 1.03. The predicted molar refractivity (Wildman–Crippen MR) is 86.1 cm³/mol. The van der Waals surface area contributed by atoms with E-state index in [-0.39, 0.29) is 0 Å². The summed E-state index contributed by atoms with van der Waals surface area (Å²) in [7, 11) is 0. The summed E-state index contributed by atoms with van der Waals surface area (Å²) in [4.78, 5) is 4.68. The Balaban J connectivity index is 2.94. The van der Waals surface area contributed by atoms with E-state index in [4.69, 9.17) is 17.4 Å². The highest BCUT2D eigenvalue weighted by molar-refractivity contribution is 14.1. The number of aryl methyl sites for hydroxylation is 1. The van der Waals surface area contributed by atoms with Crippen molar-refractivity contribution in [2.75, 3.05) is 5.43 Å². The number of rotatable bonds is 2. The van der Waals surface area contributed by atoms with Gasteiger partial charge in [-0.1, -0.05) is 25.4 Å². The minimum atomic E-state index is 0.351. The molecule has 0 fully saturated rings. The fourth-order valence-corrected chi connectivity index (χ4v) is 3.44. The molecule has 0 atom stereocenters. The Morgan fingerprint density at radius 1 is 1.39 bits per heavy atom. The van der Waals surface area contributed by atoms with E-state index < -0.39 is 0 Å². The molecule has 5 heteroatoms. The standard InChI is InChI=1S/C13H15ClIN3/c1-6(2)11-7(3)17-12-9(13(11)18-16)4-8(14)5-10(12)15/h4-6H,16H2,1-3H3,(H,17,18). The maximum atomic E-state index is 6.12. The topological polar surface area (TPSA) is 50.9 Å². The lowest BCUT2D eigenvalue weighted by Crippen LogP contribution is -2.13. The van der Waals surface area contributed by atoms with E-state index in [9.17, 15) is 0 Å². The van der Waals surface area contributed by atoms with Crippen molar-refractivity contribution in [3.05, 3.63) is 32.0 Å². The van der Waals surface area contributed by atoms with E-state index in [0.29, 0.717) is 10.9 Å². The summed E-state index contributed by atoms with van der Waals surface area (Å²) in [6.07, 6.45) is 0. The number of fused-ring (bicyclic) bond motifs is 1. The average Bonchev–Trinajstić information content (AvgIpc) is 2.28. The first kappa shape index (κ1) is 13.8. The normalized spacial score (nSPS) is 11.3. The van der Waals surface area contributed by atoms with Crippen molar-refractivity contribution >= 4 is 50.8 Å². The monoisotopic (exact) mass is 375 g/mol. The third-order valence-corrected chi connectivity index (χ3v) is 4.00. The Kier molecular flexibility index (Phi) is 3.99. The van der Waals surface area contributed by atoms with E-state index in [1.165, 1.54) is 0 Å². The predicted octanol–water partition coefficient (Wildman–Crippen LogP) is 4.21. The Morgan fingerprint density at radius 3 is 2.61 bits per heavy atom. The molecule has 0 unspecified atom stereocenters. The zero-order valence-corrected chi connectivity index (χ0v) is 13.4. The molecule has 96 valence electrons. The number of nitrogens with two attached hydrogens (primary N) is 1. The van der Waals surface area contributed by atoms with Crippen molar-refractivity contribution < 1.29 is 0 Å². The van der Waals surface area contributed by atoms with Gasteiger partial charge >= 0.3 is 0 Å². The Morgan fingerprint density at radius 2 is 2.06 bits per heavy atom. The van der Waals surface area contributed by atoms with Gasteiger partial charge in [0, 0.05) is 25.2 Å². The largest absolute Gasteiger partial charge is 0.323 e. The van der Waals surface area contributed by atoms with Crippen LogP contribution in [0.2, 0.25) is 5.02 Å². The van der Waals surface area contributed by atoms with E-state index in [1.807, 2.05) is 19.1 Å². The molecule has 0 aliphatic rings. The number of hydrogen-bond acceptors (Lipinski definition) is 3. The fourth-order valence-electron chi connectivity index (χ4n) is 2.29. The van der Waals surface area contributed by atoms with Crippen LogP contribution in [0.1, 0.15) is 31.0 Å². The van der Waals surface area contributed by atoms with E-state index >= 15 is 0 Å². The molecular weight excluding hydrogens is 361 g/mol. The van der Waals surface area contributed by atoms with Crippen molar-refractivity contribution in [3.63, 3.8) is 0 Å². The van der Waals surface area contributed by atoms with Crippen molar-refractivity contribution in [1.82, 2.24) is 4.98 Å². The van der Waals surface area contributed by atoms with Crippen LogP contribution >= 0.6 is 34.2 Å². The molecule has 0 spiro atoms. The summed E-state index contributed by atoms with van der Waals surface area (Å²) in [5.41, 5.74) is 6.82. The molecule has 0 aliphatic carbocycles. The molecule has 0 bridgehead atoms. The molecule has 1 heterocycles. The molecule has 0 saturated carbocycles. The number of aromatic nitrogens is 1. The maximum absolute atomic E-state index is 6.12. The third kappa shape index (κ3) is 2.29. The number of anilines is 1. The van der Waals surface area contributed by atoms with Crippen LogP contribution in [-0.4, -0.2) is 4.98 Å². The summed E-state index contributed by atoms with van der Waals surface area (Å²) in [6.45, 7) is 6.28. The van der Waals surface area contributed by atoms with Crippen LogP contribution in [0.25, 0.3) is 10.9 Å². The summed E-state index contributed by atoms with van der Waals surface area (Å²) in [5.74, 6) is 6.05. The minimum absolute atomic E-state index is 0.351. The number of nitrogens with zero attached hydrogens (tertiary/aromatic N) is 1. The van der Waals surface area contributed by atoms with Crippen LogP contribution < -0.4 is 11.3 Å². The molecule has 18 heavy (non-hydrogen) atoms. The van der Waals surface area contributed by atoms with Crippen LogP contribution in [0, 0.1) is 10.5 Å². The van der Waals surface area contributed by atoms with Crippen LogP contribution in [0.3, 0.4) is 0 Å². The molecule has 0 aliphatic heterocycles. The number of hydrogen-bond donors (Lipinski definition) is 2. The van der Waals surface area contributed by atoms with Gasteiger partial charge in [-0.3, -0.25) is 10.8 Å². The first-order valence-electron chi connectivity index (χ1n) is 5.71. The molecule has 0 amide bonds. The molecule has 0 saturated heterocycles. The molecule has 1 aromatic carbocycles. The third-order valence-electron chi connectivity index (χ3n) is 2.96. The average molecular weight is 376 g/mol. The van der Waals surface area contributed by atoms with Crippen molar-refractivity contribution in [2.24, 2.45) is 5.84 Å². The second kappa shape index (κ2) is 5.19. The lowest BCUT2D eigenvalue weighted by molar-refractivity contribution is 0.848. The lowest BCUT2D eigenvalue weighted by Gasteiger charge is -2.18. The number of nitrogen functional groups attached to an aromatic ring is 1. The van der Waals surface area contributed by atoms with Gasteiger partial charge in [0.05, 0.1) is 11.2 Å². The number of hydrazine groups is 1. The Bertz CT molecular complexity index is 611. The van der Waals surface area contributed by atoms with Gasteiger partial charge in [0.1, 0.15) is 0 Å². The second-order valence-electron chi connectivity index (χ2n) is 4.57. The molecular formula is C13H15ClIN3. The summed E-state index contributed by atoms with van der Waals surface area (Å²) >= 11 is 8.37. The van der Waals surface area contributed by atoms with Crippen molar-refractivity contribution in [1.29, 1.82) is 0 Å². The molecule has 1 aromatic heterocycles. The number of benzene rings is 1. The van der Waals surface area contributed by atoms with Crippen molar-refractivity contribution in [2.45, 2.75) is 26.7 Å². The number of nitrogens with one attached hydrogen (secondary N) is 1. The van der Waals surface area contributed by atoms with Gasteiger partial charge in [-0.25, -0.2) is 0 Å². The Hall–Kier alpha value is -0.590. The quantitative estimate of drug-likeness (QED) is 0.470. The first-order chi connectivity index (χ1) is 8.45. The molecule has 0 radical (unpaired) electrons. The van der Waals surface area contributed by atoms with Crippen LogP contribution in [-0.2, 0) is 0 Å². The molecule has 3 N–H and O–H groups in total. The fraction of sp³-hybridized carbons (Fsp3) is 0.308. The number of halogens is 2. The van der Waals surface area contributed by atoms with E-state index in [0.717, 1.165) is 31.4 Å². The highest BCUT2D eigenvalue weighted by atomic mass is 127. The maximum Gasteiger partial charge on any atom is 0.0861 e. The van der Waals surface area contributed by atoms with Gasteiger partial charge in [0.2, 0.25) is 0 Å². The van der Waals surface area contributed by atoms with Gasteiger partial charge in [0.15, 0.2) is 0 Å². The van der Waals surface area contributed by atoms with Gasteiger partial charge in [-0.05, 0) is 47.6 Å². The van der Waals surface area contributed by atoms with Gasteiger partial charge in [0.25, 0.3) is 0 Å². The SMILES string of the molecule is Cc1nc2c(I)cc(Cl)cc2c(NN)c1C(C)C. The summed E-state index contributed by atoms with van der Waals surface area (Å²) in [6, 6.07) is 3.82. The smallest absolute Gasteiger partial charge is 0.0861 e. The molecule has 2 aromatic rings. The van der Waals surface area contributed by atoms with Gasteiger partial charge in [-0.15, -0.1) is 0 Å². The van der Waals surface area contributed by atoms with Gasteiger partial charge < -0.3 is 5.43 Å². The van der Waals surface area contributed by atoms with E-state index in [2.05, 4.69) is 46.8 Å². The van der Waals surface area contributed by atoms with Crippen LogP contribution in [0.4, 0.5) is 5.69 Å². The molecule has 3 nitrogen and oxygen atoms in total. The molecule has 2 rings (SSSR count). The van der Waals surface area contributed by atoms with Crippen molar-refractivity contribution in [3.8, 4) is 0 Å². The first-order valence-corrected chi connectivity index (χ1v) is 7.17. The highest BCUT2D eigenvalue weighted by Crippen LogP contribution is 2.36. The van der Waals surface area contributed by atoms with Crippen LogP contribution in [0.5, 0.6) is 0 Å². The highest BCUT2D eigenvalue weighted by Gasteiger charge is 2.16. The minimum Gasteiger partial charge on any atom is -0.323 e. The van der Waals surface area contributed by atoms with Gasteiger partial charge in [-0.2, -0.15) is 0 Å². The zero-order valence-electron chi connectivity index (χ0n) is 10.5. The zero-order chi connectivity index (χ0) is 13.4. The second-order valence-corrected chi connectivity index (χ2v) is 6.17. The summed E-state index contributed by atoms with van der Waals surface area (Å²) in [5, 5.41) is 1.67. The van der Waals surface area contributed by atoms with E-state index in [1.54, 1.807) is 0 Å². The Labute approximate surface area is 125 Å². The van der Waals surface area contributed by atoms with Crippen LogP contribution in [0.15, 0.2) is 12.1 Å². The number of pyridine rings is 1.